The van der Waals surface area contributed by atoms with Crippen LogP contribution in [-0.2, 0) is 0 Å². The molecule has 0 saturated carbocycles. The van der Waals surface area contributed by atoms with Crippen LogP contribution in [0.3, 0.4) is 0 Å². The van der Waals surface area contributed by atoms with Gasteiger partial charge in [0.15, 0.2) is 16.7 Å². The molecule has 1 heterocycles. The van der Waals surface area contributed by atoms with E-state index in [4.69, 9.17) is 21.1 Å². The van der Waals surface area contributed by atoms with Gasteiger partial charge >= 0.3 is 0 Å². The fourth-order valence-corrected chi connectivity index (χ4v) is 1.44. The van der Waals surface area contributed by atoms with E-state index in [1.807, 2.05) is 31.2 Å². The number of hydrogen-bond donors (Lipinski definition) is 0. The number of benzene rings is 1. The summed E-state index contributed by atoms with van der Waals surface area (Å²) in [7, 11) is 0. The van der Waals surface area contributed by atoms with Gasteiger partial charge in [-0.15, -0.1) is 10.2 Å². The summed E-state index contributed by atoms with van der Waals surface area (Å²) in [6, 6.07) is 10.7. The highest BCUT2D eigenvalue weighted by atomic mass is 35.5. The quantitative estimate of drug-likeness (QED) is 0.826. The first-order valence-electron chi connectivity index (χ1n) is 5.68. The molecule has 1 aromatic heterocycles. The van der Waals surface area contributed by atoms with Crippen LogP contribution < -0.4 is 9.47 Å². The molecule has 0 unspecified atom stereocenters. The maximum Gasteiger partial charge on any atom is 0.239 e. The van der Waals surface area contributed by atoms with Gasteiger partial charge in [-0.2, -0.15) is 0 Å². The Morgan fingerprint density at radius 2 is 1.83 bits per heavy atom. The minimum Gasteiger partial charge on any atom is -0.490 e. The SMILES string of the molecule is CCCOc1ccccc1Oc1ccc(Cl)nn1. The second-order valence-corrected chi connectivity index (χ2v) is 3.98. The maximum absolute atomic E-state index is 5.66. The van der Waals surface area contributed by atoms with Crippen LogP contribution in [0.5, 0.6) is 17.4 Å². The molecule has 5 heteroatoms. The Balaban J connectivity index is 2.15. The molecule has 0 fully saturated rings. The molecule has 0 radical (unpaired) electrons. The number of hydrogen-bond acceptors (Lipinski definition) is 4. The van der Waals surface area contributed by atoms with Gasteiger partial charge in [-0.05, 0) is 24.6 Å². The van der Waals surface area contributed by atoms with E-state index in [1.54, 1.807) is 12.1 Å². The summed E-state index contributed by atoms with van der Waals surface area (Å²) in [6.45, 7) is 2.70. The summed E-state index contributed by atoms with van der Waals surface area (Å²) >= 11 is 5.66. The molecule has 0 aliphatic carbocycles. The van der Waals surface area contributed by atoms with E-state index in [1.165, 1.54) is 0 Å². The van der Waals surface area contributed by atoms with Crippen molar-refractivity contribution in [1.82, 2.24) is 10.2 Å². The van der Waals surface area contributed by atoms with Crippen molar-refractivity contribution in [2.24, 2.45) is 0 Å². The van der Waals surface area contributed by atoms with Crippen molar-refractivity contribution in [3.8, 4) is 17.4 Å². The monoisotopic (exact) mass is 264 g/mol. The van der Waals surface area contributed by atoms with Crippen molar-refractivity contribution in [2.45, 2.75) is 13.3 Å². The Bertz CT molecular complexity index is 503. The first kappa shape index (κ1) is 12.6. The summed E-state index contributed by atoms with van der Waals surface area (Å²) in [4.78, 5) is 0. The zero-order valence-corrected chi connectivity index (χ0v) is 10.7. The lowest BCUT2D eigenvalue weighted by molar-refractivity contribution is 0.300. The number of aromatic nitrogens is 2. The van der Waals surface area contributed by atoms with Gasteiger partial charge in [0.05, 0.1) is 6.61 Å². The van der Waals surface area contributed by atoms with E-state index in [-0.39, 0.29) is 0 Å². The maximum atomic E-state index is 5.66. The highest BCUT2D eigenvalue weighted by molar-refractivity contribution is 6.29. The van der Waals surface area contributed by atoms with Crippen LogP contribution in [0.25, 0.3) is 0 Å². The Morgan fingerprint density at radius 3 is 2.50 bits per heavy atom. The largest absolute Gasteiger partial charge is 0.490 e. The molecule has 0 bridgehead atoms. The van der Waals surface area contributed by atoms with Crippen molar-refractivity contribution in [3.63, 3.8) is 0 Å². The molecule has 0 amide bonds. The summed E-state index contributed by atoms with van der Waals surface area (Å²) < 4.78 is 11.2. The third-order valence-electron chi connectivity index (χ3n) is 2.13. The van der Waals surface area contributed by atoms with Crippen molar-refractivity contribution in [3.05, 3.63) is 41.6 Å². The van der Waals surface area contributed by atoms with Crippen molar-refractivity contribution >= 4 is 11.6 Å². The van der Waals surface area contributed by atoms with E-state index in [2.05, 4.69) is 10.2 Å². The van der Waals surface area contributed by atoms with Gasteiger partial charge in [0, 0.05) is 6.07 Å². The molecule has 4 nitrogen and oxygen atoms in total. The average molecular weight is 265 g/mol. The van der Waals surface area contributed by atoms with Gasteiger partial charge in [-0.3, -0.25) is 0 Å². The molecular weight excluding hydrogens is 252 g/mol. The van der Waals surface area contributed by atoms with Crippen molar-refractivity contribution in [1.29, 1.82) is 0 Å². The van der Waals surface area contributed by atoms with Crippen LogP contribution >= 0.6 is 11.6 Å². The van der Waals surface area contributed by atoms with E-state index < -0.39 is 0 Å². The second-order valence-electron chi connectivity index (χ2n) is 3.59. The highest BCUT2D eigenvalue weighted by Gasteiger charge is 2.06. The molecule has 18 heavy (non-hydrogen) atoms. The molecule has 2 rings (SSSR count). The fraction of sp³-hybridized carbons (Fsp3) is 0.231. The van der Waals surface area contributed by atoms with E-state index in [9.17, 15) is 0 Å². The Labute approximate surface area is 111 Å². The molecule has 2 aromatic rings. The zero-order valence-electron chi connectivity index (χ0n) is 9.97. The number of ether oxygens (including phenoxy) is 2. The normalized spacial score (nSPS) is 10.1. The van der Waals surface area contributed by atoms with Crippen LogP contribution in [0.4, 0.5) is 0 Å². The molecular formula is C13H13ClN2O2. The Morgan fingerprint density at radius 1 is 1.06 bits per heavy atom. The van der Waals surface area contributed by atoms with Crippen LogP contribution in [-0.4, -0.2) is 16.8 Å². The first-order chi connectivity index (χ1) is 8.79. The molecule has 1 aromatic carbocycles. The van der Waals surface area contributed by atoms with Crippen LogP contribution in [0.2, 0.25) is 5.15 Å². The topological polar surface area (TPSA) is 44.2 Å². The van der Waals surface area contributed by atoms with Crippen LogP contribution in [0, 0.1) is 0 Å². The molecule has 0 aliphatic rings. The van der Waals surface area contributed by atoms with Gasteiger partial charge in [-0.25, -0.2) is 0 Å². The summed E-state index contributed by atoms with van der Waals surface area (Å²) in [6.07, 6.45) is 0.940. The van der Waals surface area contributed by atoms with Crippen LogP contribution in [0.15, 0.2) is 36.4 Å². The number of para-hydroxylation sites is 2. The van der Waals surface area contributed by atoms with E-state index in [0.717, 1.165) is 6.42 Å². The van der Waals surface area contributed by atoms with Gasteiger partial charge in [-0.1, -0.05) is 30.7 Å². The molecule has 94 valence electrons. The molecule has 0 saturated heterocycles. The van der Waals surface area contributed by atoms with Gasteiger partial charge < -0.3 is 9.47 Å². The van der Waals surface area contributed by atoms with E-state index in [0.29, 0.717) is 29.1 Å². The van der Waals surface area contributed by atoms with E-state index >= 15 is 0 Å². The average Bonchev–Trinajstić information content (AvgIpc) is 2.40. The van der Waals surface area contributed by atoms with Crippen LogP contribution in [0.1, 0.15) is 13.3 Å². The van der Waals surface area contributed by atoms with Gasteiger partial charge in [0.2, 0.25) is 5.88 Å². The summed E-state index contributed by atoms with van der Waals surface area (Å²) in [5, 5.41) is 7.88. The first-order valence-corrected chi connectivity index (χ1v) is 6.06. The standard InChI is InChI=1S/C13H13ClN2O2/c1-2-9-17-10-5-3-4-6-11(10)18-13-8-7-12(14)15-16-13/h3-8H,2,9H2,1H3. The Hall–Kier alpha value is -1.81. The smallest absolute Gasteiger partial charge is 0.239 e. The molecule has 0 spiro atoms. The van der Waals surface area contributed by atoms with Crippen molar-refractivity contribution in [2.75, 3.05) is 6.61 Å². The highest BCUT2D eigenvalue weighted by Crippen LogP contribution is 2.30. The predicted octanol–water partition coefficient (Wildman–Crippen LogP) is 3.71. The third kappa shape index (κ3) is 3.34. The number of rotatable bonds is 5. The lowest BCUT2D eigenvalue weighted by atomic mass is 10.3. The van der Waals surface area contributed by atoms with Crippen molar-refractivity contribution < 1.29 is 9.47 Å². The van der Waals surface area contributed by atoms with Gasteiger partial charge in [0.25, 0.3) is 0 Å². The lowest BCUT2D eigenvalue weighted by Crippen LogP contribution is -1.98. The van der Waals surface area contributed by atoms with Gasteiger partial charge in [0.1, 0.15) is 0 Å². The second kappa shape index (κ2) is 6.21. The predicted molar refractivity (Wildman–Crippen MR) is 69.3 cm³/mol. The minimum atomic E-state index is 0.331. The number of halogens is 1. The minimum absolute atomic E-state index is 0.331. The molecule has 0 N–H and O–H groups in total. The zero-order chi connectivity index (χ0) is 12.8. The Kier molecular flexibility index (Phi) is 4.36. The lowest BCUT2D eigenvalue weighted by Gasteiger charge is -2.10. The molecule has 0 atom stereocenters. The third-order valence-corrected chi connectivity index (χ3v) is 2.33. The number of nitrogens with zero attached hydrogens (tertiary/aromatic N) is 2. The fourth-order valence-electron chi connectivity index (χ4n) is 1.34. The summed E-state index contributed by atoms with van der Waals surface area (Å²) in [5.41, 5.74) is 0. The molecule has 0 aliphatic heterocycles. The summed E-state index contributed by atoms with van der Waals surface area (Å²) in [5.74, 6) is 1.69.